The number of ether oxygens (including phenoxy) is 2. The molecule has 0 radical (unpaired) electrons. The highest BCUT2D eigenvalue weighted by Gasteiger charge is 2.21. The number of rotatable bonds is 7. The fourth-order valence-corrected chi connectivity index (χ4v) is 3.14. The zero-order valence-corrected chi connectivity index (χ0v) is 17.5. The van der Waals surface area contributed by atoms with E-state index in [-0.39, 0.29) is 0 Å². The summed E-state index contributed by atoms with van der Waals surface area (Å²) in [6.45, 7) is 3.57. The van der Waals surface area contributed by atoms with E-state index in [0.29, 0.717) is 34.7 Å². The fraction of sp³-hybridized carbons (Fsp3) is 0.217. The maximum absolute atomic E-state index is 12.6. The molecule has 1 N–H and O–H groups in total. The molecule has 3 aromatic rings. The number of benzene rings is 2. The van der Waals surface area contributed by atoms with Crippen LogP contribution in [0.25, 0.3) is 0 Å². The average molecular weight is 421 g/mol. The molecule has 1 amide bonds. The Kier molecular flexibility index (Phi) is 6.81. The van der Waals surface area contributed by atoms with Crippen molar-refractivity contribution in [2.45, 2.75) is 20.4 Å². The summed E-state index contributed by atoms with van der Waals surface area (Å²) in [6, 6.07) is 16.1. The average Bonchev–Trinajstić information content (AvgIpc) is 3.05. The minimum absolute atomic E-state index is 0.300. The number of amides is 1. The van der Waals surface area contributed by atoms with Gasteiger partial charge in [-0.05, 0) is 37.6 Å². The molecule has 31 heavy (non-hydrogen) atoms. The second-order valence-corrected chi connectivity index (χ2v) is 6.89. The van der Waals surface area contributed by atoms with Crippen molar-refractivity contribution in [1.82, 2.24) is 9.78 Å². The molecule has 1 aromatic heterocycles. The van der Waals surface area contributed by atoms with Crippen LogP contribution in [0.3, 0.4) is 0 Å². The lowest BCUT2D eigenvalue weighted by molar-refractivity contribution is -0.119. The Bertz CT molecular complexity index is 1110. The molecule has 160 valence electrons. The van der Waals surface area contributed by atoms with Crippen LogP contribution in [0.1, 0.15) is 37.7 Å². The van der Waals surface area contributed by atoms with Crippen LogP contribution in [0, 0.1) is 13.8 Å². The smallest absolute Gasteiger partial charge is 0.342 e. The lowest BCUT2D eigenvalue weighted by Crippen LogP contribution is -2.21. The lowest BCUT2D eigenvalue weighted by Gasteiger charge is -2.08. The van der Waals surface area contributed by atoms with Crippen LogP contribution in [-0.4, -0.2) is 41.3 Å². The third-order valence-corrected chi connectivity index (χ3v) is 4.66. The first-order valence-electron chi connectivity index (χ1n) is 9.62. The minimum atomic E-state index is -0.618. The third-order valence-electron chi connectivity index (χ3n) is 4.66. The molecule has 8 heteroatoms. The summed E-state index contributed by atoms with van der Waals surface area (Å²) in [5.41, 5.74) is 3.29. The molecule has 8 nitrogen and oxygen atoms in total. The van der Waals surface area contributed by atoms with E-state index in [1.54, 1.807) is 36.7 Å². The van der Waals surface area contributed by atoms with E-state index in [1.165, 1.54) is 13.2 Å². The number of esters is 2. The van der Waals surface area contributed by atoms with Crippen LogP contribution < -0.4 is 5.32 Å². The summed E-state index contributed by atoms with van der Waals surface area (Å²) >= 11 is 0. The first-order chi connectivity index (χ1) is 14.9. The van der Waals surface area contributed by atoms with E-state index in [0.717, 1.165) is 5.56 Å². The third kappa shape index (κ3) is 5.36. The predicted octanol–water partition coefficient (Wildman–Crippen LogP) is 3.13. The number of aryl methyl sites for hydroxylation is 1. The van der Waals surface area contributed by atoms with Crippen molar-refractivity contribution in [3.05, 3.63) is 82.7 Å². The zero-order valence-electron chi connectivity index (χ0n) is 17.5. The molecule has 0 spiro atoms. The van der Waals surface area contributed by atoms with Gasteiger partial charge in [-0.1, -0.05) is 36.4 Å². The largest absolute Gasteiger partial charge is 0.465 e. The number of hydrogen-bond donors (Lipinski definition) is 1. The van der Waals surface area contributed by atoms with Crippen molar-refractivity contribution in [3.63, 3.8) is 0 Å². The number of hydrogen-bond acceptors (Lipinski definition) is 6. The molecule has 0 fully saturated rings. The summed E-state index contributed by atoms with van der Waals surface area (Å²) < 4.78 is 11.6. The van der Waals surface area contributed by atoms with Crippen LogP contribution in [0.15, 0.2) is 54.6 Å². The van der Waals surface area contributed by atoms with Crippen LogP contribution in [0.2, 0.25) is 0 Å². The molecule has 0 atom stereocenters. The molecule has 1 heterocycles. The Balaban J connectivity index is 1.62. The van der Waals surface area contributed by atoms with E-state index in [1.807, 2.05) is 30.3 Å². The van der Waals surface area contributed by atoms with Gasteiger partial charge in [-0.2, -0.15) is 5.10 Å². The molecule has 0 saturated carbocycles. The number of methoxy groups -OCH3 is 1. The Morgan fingerprint density at radius 1 is 1.00 bits per heavy atom. The number of nitrogens with zero attached hydrogens (tertiary/aromatic N) is 2. The zero-order chi connectivity index (χ0) is 22.4. The highest BCUT2D eigenvalue weighted by atomic mass is 16.5. The van der Waals surface area contributed by atoms with Crippen LogP contribution in [0.5, 0.6) is 0 Å². The normalized spacial score (nSPS) is 10.4. The van der Waals surface area contributed by atoms with Crippen molar-refractivity contribution >= 4 is 23.5 Å². The van der Waals surface area contributed by atoms with Crippen molar-refractivity contribution in [3.8, 4) is 0 Å². The molecule has 0 aliphatic heterocycles. The van der Waals surface area contributed by atoms with Gasteiger partial charge >= 0.3 is 11.9 Å². The number of carbonyl (C=O) groups excluding carboxylic acids is 3. The van der Waals surface area contributed by atoms with Crippen LogP contribution in [-0.2, 0) is 20.8 Å². The fourth-order valence-electron chi connectivity index (χ4n) is 3.14. The van der Waals surface area contributed by atoms with E-state index in [2.05, 4.69) is 15.2 Å². The number of aromatic nitrogens is 2. The van der Waals surface area contributed by atoms with Crippen molar-refractivity contribution in [1.29, 1.82) is 0 Å². The monoisotopic (exact) mass is 421 g/mol. The Morgan fingerprint density at radius 3 is 2.45 bits per heavy atom. The van der Waals surface area contributed by atoms with Crippen LogP contribution in [0.4, 0.5) is 5.69 Å². The van der Waals surface area contributed by atoms with Gasteiger partial charge in [-0.25, -0.2) is 9.59 Å². The molecule has 2 aromatic carbocycles. The molecule has 0 aliphatic carbocycles. The van der Waals surface area contributed by atoms with Gasteiger partial charge in [0.2, 0.25) is 0 Å². The van der Waals surface area contributed by atoms with Crippen LogP contribution >= 0.6 is 0 Å². The molecule has 0 aliphatic rings. The van der Waals surface area contributed by atoms with Gasteiger partial charge in [0.15, 0.2) is 6.61 Å². The number of nitrogens with one attached hydrogen (secondary N) is 1. The standard InChI is InChI=1S/C23H23N3O5/c1-15-21(16(2)26(25-15)13-17-8-5-4-6-9-17)23(29)31-14-20(27)24-19-11-7-10-18(12-19)22(28)30-3/h4-12H,13-14H2,1-3H3,(H,24,27). The predicted molar refractivity (Wildman–Crippen MR) is 114 cm³/mol. The van der Waals surface area contributed by atoms with Crippen molar-refractivity contribution in [2.24, 2.45) is 0 Å². The van der Waals surface area contributed by atoms with Crippen molar-refractivity contribution in [2.75, 3.05) is 19.0 Å². The number of anilines is 1. The number of carbonyl (C=O) groups is 3. The van der Waals surface area contributed by atoms with Gasteiger partial charge in [0.1, 0.15) is 5.56 Å². The van der Waals surface area contributed by atoms with E-state index < -0.39 is 24.5 Å². The van der Waals surface area contributed by atoms with Gasteiger partial charge in [-0.3, -0.25) is 9.48 Å². The van der Waals surface area contributed by atoms with Gasteiger partial charge in [0, 0.05) is 5.69 Å². The second-order valence-electron chi connectivity index (χ2n) is 6.89. The SMILES string of the molecule is COC(=O)c1cccc(NC(=O)COC(=O)c2c(C)nn(Cc3ccccc3)c2C)c1. The highest BCUT2D eigenvalue weighted by molar-refractivity contribution is 5.97. The maximum atomic E-state index is 12.6. The molecule has 3 rings (SSSR count). The Labute approximate surface area is 179 Å². The van der Waals surface area contributed by atoms with Crippen molar-refractivity contribution < 1.29 is 23.9 Å². The molecular weight excluding hydrogens is 398 g/mol. The summed E-state index contributed by atoms with van der Waals surface area (Å²) in [7, 11) is 1.28. The maximum Gasteiger partial charge on any atom is 0.342 e. The lowest BCUT2D eigenvalue weighted by atomic mass is 10.2. The summed E-state index contributed by atoms with van der Waals surface area (Å²) in [5.74, 6) is -1.66. The highest BCUT2D eigenvalue weighted by Crippen LogP contribution is 2.16. The molecule has 0 bridgehead atoms. The van der Waals surface area contributed by atoms with E-state index in [4.69, 9.17) is 4.74 Å². The quantitative estimate of drug-likeness (QED) is 0.589. The summed E-state index contributed by atoms with van der Waals surface area (Å²) in [4.78, 5) is 36.4. The topological polar surface area (TPSA) is 99.5 Å². The first-order valence-corrected chi connectivity index (χ1v) is 9.62. The van der Waals surface area contributed by atoms with Gasteiger partial charge in [-0.15, -0.1) is 0 Å². The molecule has 0 saturated heterocycles. The Morgan fingerprint density at radius 2 is 1.74 bits per heavy atom. The summed E-state index contributed by atoms with van der Waals surface area (Å²) in [6.07, 6.45) is 0. The first kappa shape index (κ1) is 21.8. The Hall–Kier alpha value is -3.94. The van der Waals surface area contributed by atoms with Gasteiger partial charge < -0.3 is 14.8 Å². The summed E-state index contributed by atoms with van der Waals surface area (Å²) in [5, 5.41) is 7.02. The van der Waals surface area contributed by atoms with Gasteiger partial charge in [0.05, 0.1) is 30.6 Å². The molecular formula is C23H23N3O5. The minimum Gasteiger partial charge on any atom is -0.465 e. The molecule has 0 unspecified atom stereocenters. The second kappa shape index (κ2) is 9.71. The van der Waals surface area contributed by atoms with Gasteiger partial charge in [0.25, 0.3) is 5.91 Å². The van der Waals surface area contributed by atoms with E-state index >= 15 is 0 Å². The van der Waals surface area contributed by atoms with E-state index in [9.17, 15) is 14.4 Å².